The normalized spacial score (nSPS) is 12.2. The van der Waals surface area contributed by atoms with E-state index in [4.69, 9.17) is 44.0 Å². The monoisotopic (exact) mass is 345 g/mol. The largest absolute Gasteiger partial charge is 0.394 e. The number of halogens is 2. The van der Waals surface area contributed by atoms with Crippen LogP contribution in [0.2, 0.25) is 10.0 Å². The summed E-state index contributed by atoms with van der Waals surface area (Å²) in [5, 5.41) is 26.1. The Bertz CT molecular complexity index is 659. The standard InChI is InChI=1S/C12H13Cl2N5O3/c13-8-3-1-2-7(9(8)14)10-11(15)16-12(18-17-10)19-22-5-6(21)4-20/h1-3,6,20-21H,4-5H2,(H3,15,16,18,19). The van der Waals surface area contributed by atoms with E-state index in [1.807, 2.05) is 0 Å². The number of aromatic nitrogens is 3. The van der Waals surface area contributed by atoms with Gasteiger partial charge in [-0.25, -0.2) is 5.48 Å². The summed E-state index contributed by atoms with van der Waals surface area (Å²) in [4.78, 5) is 8.85. The lowest BCUT2D eigenvalue weighted by molar-refractivity contribution is 0.0239. The van der Waals surface area contributed by atoms with Crippen molar-refractivity contribution in [3.63, 3.8) is 0 Å². The van der Waals surface area contributed by atoms with Gasteiger partial charge in [0.25, 0.3) is 5.95 Å². The molecule has 0 bridgehead atoms. The minimum absolute atomic E-state index is 0.00420. The van der Waals surface area contributed by atoms with E-state index in [0.717, 1.165) is 0 Å². The molecule has 0 aliphatic carbocycles. The summed E-state index contributed by atoms with van der Waals surface area (Å²) in [7, 11) is 0. The fourth-order valence-corrected chi connectivity index (χ4v) is 1.90. The Balaban J connectivity index is 2.14. The van der Waals surface area contributed by atoms with Gasteiger partial charge >= 0.3 is 0 Å². The third-order valence-corrected chi connectivity index (χ3v) is 3.39. The highest BCUT2D eigenvalue weighted by Crippen LogP contribution is 2.34. The van der Waals surface area contributed by atoms with Crippen molar-refractivity contribution in [2.45, 2.75) is 6.10 Å². The predicted octanol–water partition coefficient (Wildman–Crippen LogP) is 1.12. The van der Waals surface area contributed by atoms with Gasteiger partial charge < -0.3 is 15.9 Å². The van der Waals surface area contributed by atoms with Crippen LogP contribution >= 0.6 is 23.2 Å². The molecular formula is C12H13Cl2N5O3. The summed E-state index contributed by atoms with van der Waals surface area (Å²) >= 11 is 12.0. The molecule has 0 aliphatic rings. The summed E-state index contributed by atoms with van der Waals surface area (Å²) < 4.78 is 0. The Labute approximate surface area is 135 Å². The van der Waals surface area contributed by atoms with Gasteiger partial charge in [0, 0.05) is 5.56 Å². The first-order valence-corrected chi connectivity index (χ1v) is 6.89. The van der Waals surface area contributed by atoms with Gasteiger partial charge in [-0.2, -0.15) is 4.98 Å². The highest BCUT2D eigenvalue weighted by atomic mass is 35.5. The number of nitrogen functional groups attached to an aromatic ring is 1. The number of nitrogens with one attached hydrogen (secondary N) is 1. The molecule has 1 aromatic carbocycles. The molecule has 5 N–H and O–H groups in total. The minimum atomic E-state index is -1.01. The highest BCUT2D eigenvalue weighted by molar-refractivity contribution is 6.43. The average molecular weight is 346 g/mol. The zero-order valence-corrected chi connectivity index (χ0v) is 12.7. The van der Waals surface area contributed by atoms with Crippen molar-refractivity contribution < 1.29 is 15.1 Å². The van der Waals surface area contributed by atoms with Crippen molar-refractivity contribution in [1.29, 1.82) is 0 Å². The second kappa shape index (κ2) is 7.52. The average Bonchev–Trinajstić information content (AvgIpc) is 2.50. The van der Waals surface area contributed by atoms with Gasteiger partial charge in [0.1, 0.15) is 18.4 Å². The van der Waals surface area contributed by atoms with Crippen LogP contribution in [0.3, 0.4) is 0 Å². The number of hydrogen-bond donors (Lipinski definition) is 4. The summed E-state index contributed by atoms with van der Waals surface area (Å²) in [5.41, 5.74) is 8.98. The molecule has 1 heterocycles. The first kappa shape index (κ1) is 16.7. The quantitative estimate of drug-likeness (QED) is 0.573. The first-order valence-electron chi connectivity index (χ1n) is 6.14. The lowest BCUT2D eigenvalue weighted by Gasteiger charge is -2.10. The molecule has 1 unspecified atom stereocenters. The summed E-state index contributed by atoms with van der Waals surface area (Å²) in [5.74, 6) is 0.0810. The molecule has 10 heteroatoms. The zero-order valence-electron chi connectivity index (χ0n) is 11.2. The Morgan fingerprint density at radius 3 is 2.77 bits per heavy atom. The number of nitrogens with two attached hydrogens (primary N) is 1. The number of rotatable bonds is 6. The van der Waals surface area contributed by atoms with Crippen LogP contribution < -0.4 is 11.2 Å². The van der Waals surface area contributed by atoms with Gasteiger partial charge in [-0.15, -0.1) is 10.2 Å². The highest BCUT2D eigenvalue weighted by Gasteiger charge is 2.14. The lowest BCUT2D eigenvalue weighted by Crippen LogP contribution is -2.22. The number of aliphatic hydroxyl groups excluding tert-OH is 2. The molecule has 0 saturated carbocycles. The van der Waals surface area contributed by atoms with Crippen LogP contribution in [0.4, 0.5) is 11.8 Å². The molecular weight excluding hydrogens is 333 g/mol. The number of anilines is 2. The van der Waals surface area contributed by atoms with E-state index in [0.29, 0.717) is 15.6 Å². The van der Waals surface area contributed by atoms with E-state index < -0.39 is 12.7 Å². The van der Waals surface area contributed by atoms with Gasteiger partial charge in [0.05, 0.1) is 16.7 Å². The molecule has 0 aliphatic heterocycles. The van der Waals surface area contributed by atoms with E-state index in [1.165, 1.54) is 0 Å². The number of benzene rings is 1. The molecule has 0 fully saturated rings. The Morgan fingerprint density at radius 2 is 2.09 bits per heavy atom. The Hall–Kier alpha value is -1.71. The maximum absolute atomic E-state index is 9.12. The van der Waals surface area contributed by atoms with Crippen LogP contribution in [0.1, 0.15) is 0 Å². The van der Waals surface area contributed by atoms with Crippen molar-refractivity contribution in [2.75, 3.05) is 24.4 Å². The summed E-state index contributed by atoms with van der Waals surface area (Å²) in [6, 6.07) is 5.04. The molecule has 1 atom stereocenters. The van der Waals surface area contributed by atoms with Crippen molar-refractivity contribution in [3.05, 3.63) is 28.2 Å². The van der Waals surface area contributed by atoms with Gasteiger partial charge in [0.15, 0.2) is 5.82 Å². The molecule has 0 saturated heterocycles. The van der Waals surface area contributed by atoms with E-state index in [2.05, 4.69) is 20.7 Å². The van der Waals surface area contributed by atoms with Crippen molar-refractivity contribution >= 4 is 35.0 Å². The number of aliphatic hydroxyl groups is 2. The smallest absolute Gasteiger partial charge is 0.268 e. The van der Waals surface area contributed by atoms with Crippen molar-refractivity contribution in [1.82, 2.24) is 15.2 Å². The molecule has 1 aromatic heterocycles. The predicted molar refractivity (Wildman–Crippen MR) is 82.4 cm³/mol. The van der Waals surface area contributed by atoms with Crippen LogP contribution in [0.15, 0.2) is 18.2 Å². The molecule has 2 aromatic rings. The second-order valence-electron chi connectivity index (χ2n) is 4.22. The van der Waals surface area contributed by atoms with Gasteiger partial charge in [0.2, 0.25) is 0 Å². The Kier molecular flexibility index (Phi) is 5.69. The van der Waals surface area contributed by atoms with Crippen LogP contribution in [0, 0.1) is 0 Å². The molecule has 0 spiro atoms. The maximum atomic E-state index is 9.12. The lowest BCUT2D eigenvalue weighted by atomic mass is 10.1. The van der Waals surface area contributed by atoms with Crippen LogP contribution in [0.25, 0.3) is 11.3 Å². The number of hydrogen-bond acceptors (Lipinski definition) is 8. The van der Waals surface area contributed by atoms with E-state index in [1.54, 1.807) is 18.2 Å². The minimum Gasteiger partial charge on any atom is -0.394 e. The summed E-state index contributed by atoms with van der Waals surface area (Å²) in [6.07, 6.45) is -1.01. The van der Waals surface area contributed by atoms with Gasteiger partial charge in [-0.1, -0.05) is 35.3 Å². The van der Waals surface area contributed by atoms with Crippen LogP contribution in [-0.4, -0.2) is 44.7 Å². The van der Waals surface area contributed by atoms with Gasteiger partial charge in [-0.05, 0) is 6.07 Å². The molecule has 22 heavy (non-hydrogen) atoms. The number of nitrogens with zero attached hydrogens (tertiary/aromatic N) is 3. The molecule has 118 valence electrons. The van der Waals surface area contributed by atoms with E-state index >= 15 is 0 Å². The molecule has 2 rings (SSSR count). The SMILES string of the molecule is Nc1nc(NOCC(O)CO)nnc1-c1cccc(Cl)c1Cl. The van der Waals surface area contributed by atoms with Crippen molar-refractivity contribution in [3.8, 4) is 11.3 Å². The fraction of sp³-hybridized carbons (Fsp3) is 0.250. The topological polar surface area (TPSA) is 126 Å². The van der Waals surface area contributed by atoms with Crippen molar-refractivity contribution in [2.24, 2.45) is 0 Å². The Morgan fingerprint density at radius 1 is 1.32 bits per heavy atom. The molecule has 8 nitrogen and oxygen atoms in total. The van der Waals surface area contributed by atoms with Gasteiger partial charge in [-0.3, -0.25) is 4.84 Å². The summed E-state index contributed by atoms with van der Waals surface area (Å²) in [6.45, 7) is -0.573. The zero-order chi connectivity index (χ0) is 16.1. The molecule has 0 amide bonds. The fourth-order valence-electron chi connectivity index (χ4n) is 1.51. The third-order valence-electron chi connectivity index (χ3n) is 2.57. The van der Waals surface area contributed by atoms with Crippen LogP contribution in [0.5, 0.6) is 0 Å². The maximum Gasteiger partial charge on any atom is 0.268 e. The molecule has 0 radical (unpaired) electrons. The van der Waals surface area contributed by atoms with E-state index in [-0.39, 0.29) is 24.1 Å². The first-order chi connectivity index (χ1) is 10.5. The van der Waals surface area contributed by atoms with Crippen LogP contribution in [-0.2, 0) is 4.84 Å². The third kappa shape index (κ3) is 3.93. The van der Waals surface area contributed by atoms with E-state index in [9.17, 15) is 0 Å². The second-order valence-corrected chi connectivity index (χ2v) is 5.01.